The van der Waals surface area contributed by atoms with Crippen LogP contribution in [0.15, 0.2) is 78.7 Å². The third-order valence-electron chi connectivity index (χ3n) is 6.87. The Bertz CT molecular complexity index is 1400. The molecule has 3 N–H and O–H groups in total. The van der Waals surface area contributed by atoms with E-state index < -0.39 is 47.2 Å². The van der Waals surface area contributed by atoms with Gasteiger partial charge in [-0.15, -0.1) is 0 Å². The summed E-state index contributed by atoms with van der Waals surface area (Å²) in [4.78, 5) is 4.05. The van der Waals surface area contributed by atoms with Gasteiger partial charge in [0.2, 0.25) is 6.23 Å². The Hall–Kier alpha value is -3.81. The summed E-state index contributed by atoms with van der Waals surface area (Å²) in [6, 6.07) is 7.38. The van der Waals surface area contributed by atoms with Crippen molar-refractivity contribution >= 4 is 5.70 Å². The average molecular weight is 566 g/mol. The summed E-state index contributed by atoms with van der Waals surface area (Å²) < 4.78 is 89.4. The molecule has 3 atom stereocenters. The van der Waals surface area contributed by atoms with E-state index in [0.717, 1.165) is 5.56 Å². The number of benzene rings is 2. The first kappa shape index (κ1) is 27.7. The molecule has 0 saturated carbocycles. The highest BCUT2D eigenvalue weighted by Gasteiger charge is 2.39. The highest BCUT2D eigenvalue weighted by atomic mass is 19.4. The van der Waals surface area contributed by atoms with E-state index in [4.69, 9.17) is 4.74 Å². The number of aromatic nitrogens is 2. The summed E-state index contributed by atoms with van der Waals surface area (Å²) in [6.45, 7) is 2.23. The quantitative estimate of drug-likeness (QED) is 0.327. The van der Waals surface area contributed by atoms with Crippen LogP contribution in [0.3, 0.4) is 0 Å². The number of hydrogen-bond donors (Lipinski definition) is 3. The Balaban J connectivity index is 1.66. The zero-order valence-electron chi connectivity index (χ0n) is 21.1. The number of imidazole rings is 1. The lowest BCUT2D eigenvalue weighted by Crippen LogP contribution is -3.09. The number of hydrogen-bond acceptors (Lipinski definition) is 5. The molecule has 0 saturated heterocycles. The van der Waals surface area contributed by atoms with E-state index in [2.05, 4.69) is 15.6 Å². The first-order valence-corrected chi connectivity index (χ1v) is 12.3. The van der Waals surface area contributed by atoms with E-state index in [0.29, 0.717) is 23.3 Å². The van der Waals surface area contributed by atoms with Crippen molar-refractivity contribution in [2.45, 2.75) is 38.0 Å². The number of rotatable bonds is 4. The van der Waals surface area contributed by atoms with Gasteiger partial charge in [-0.05, 0) is 42.3 Å². The van der Waals surface area contributed by atoms with E-state index >= 15 is 0 Å². The summed E-state index contributed by atoms with van der Waals surface area (Å²) in [5.74, 6) is 0.235. The van der Waals surface area contributed by atoms with Gasteiger partial charge in [-0.3, -0.25) is 9.88 Å². The lowest BCUT2D eigenvalue weighted by molar-refractivity contribution is -0.793. The van der Waals surface area contributed by atoms with Crippen molar-refractivity contribution < 1.29 is 36.1 Å². The molecule has 2 aliphatic heterocycles. The number of nitrogens with zero attached hydrogens (tertiary/aromatic N) is 2. The van der Waals surface area contributed by atoms with Crippen LogP contribution in [0.4, 0.5) is 26.3 Å². The Morgan fingerprint density at radius 1 is 1.07 bits per heavy atom. The predicted octanol–water partition coefficient (Wildman–Crippen LogP) is 4.15. The molecule has 1 aromatic heterocycles. The third kappa shape index (κ3) is 5.71. The Kier molecular flexibility index (Phi) is 7.38. The van der Waals surface area contributed by atoms with E-state index in [1.165, 1.54) is 6.33 Å². The maximum absolute atomic E-state index is 14.3. The lowest BCUT2D eigenvalue weighted by Gasteiger charge is -2.40. The van der Waals surface area contributed by atoms with Crippen molar-refractivity contribution in [3.63, 3.8) is 0 Å². The second-order valence-corrected chi connectivity index (χ2v) is 9.58. The molecular formula is C27H25F6N5O2. The SMILES string of the molecule is Cc1ccccc1/C1=C/C(n2ccnc2)OC2=C(CNCN2)C(Cc2cc(C(F)(F)F)cc(C(F)(F)F)c2)[NH+]1[O-]. The molecule has 7 nitrogen and oxygen atoms in total. The van der Waals surface area contributed by atoms with E-state index in [1.54, 1.807) is 54.2 Å². The monoisotopic (exact) mass is 565 g/mol. The topological polar surface area (TPSA) is 78.6 Å². The number of alkyl halides is 6. The van der Waals surface area contributed by atoms with Gasteiger partial charge in [-0.2, -0.15) is 26.3 Å². The van der Waals surface area contributed by atoms with Crippen molar-refractivity contribution in [2.75, 3.05) is 13.2 Å². The van der Waals surface area contributed by atoms with Gasteiger partial charge in [0.1, 0.15) is 11.7 Å². The first-order valence-electron chi connectivity index (χ1n) is 12.3. The maximum atomic E-state index is 14.3. The van der Waals surface area contributed by atoms with Gasteiger partial charge in [0.05, 0.1) is 29.7 Å². The van der Waals surface area contributed by atoms with Crippen molar-refractivity contribution in [3.05, 3.63) is 112 Å². The highest BCUT2D eigenvalue weighted by molar-refractivity contribution is 5.62. The van der Waals surface area contributed by atoms with Crippen molar-refractivity contribution in [1.29, 1.82) is 0 Å². The summed E-state index contributed by atoms with van der Waals surface area (Å²) in [6.07, 6.45) is -4.91. The zero-order valence-corrected chi connectivity index (χ0v) is 21.1. The molecule has 0 bridgehead atoms. The van der Waals surface area contributed by atoms with E-state index in [-0.39, 0.29) is 36.4 Å². The number of aryl methyl sites for hydroxylation is 1. The molecule has 5 rings (SSSR count). The molecule has 3 aromatic rings. The molecule has 40 heavy (non-hydrogen) atoms. The molecule has 0 amide bonds. The van der Waals surface area contributed by atoms with Crippen molar-refractivity contribution in [3.8, 4) is 0 Å². The number of hydroxylamine groups is 2. The number of ether oxygens (including phenoxy) is 1. The number of halogens is 6. The minimum absolute atomic E-state index is 0.0787. The minimum Gasteiger partial charge on any atom is -0.628 e. The first-order chi connectivity index (χ1) is 18.9. The predicted molar refractivity (Wildman–Crippen MR) is 133 cm³/mol. The van der Waals surface area contributed by atoms with Crippen LogP contribution < -0.4 is 15.7 Å². The maximum Gasteiger partial charge on any atom is 0.416 e. The summed E-state index contributed by atoms with van der Waals surface area (Å²) in [5, 5.41) is 19.9. The van der Waals surface area contributed by atoms with Gasteiger partial charge in [0, 0.05) is 37.0 Å². The molecule has 3 heterocycles. The molecule has 2 aliphatic rings. The largest absolute Gasteiger partial charge is 0.628 e. The molecule has 212 valence electrons. The molecule has 2 aromatic carbocycles. The zero-order chi connectivity index (χ0) is 28.7. The van der Waals surface area contributed by atoms with Gasteiger partial charge in [0.15, 0.2) is 5.88 Å². The highest BCUT2D eigenvalue weighted by Crippen LogP contribution is 2.37. The fourth-order valence-electron chi connectivity index (χ4n) is 4.91. The smallest absolute Gasteiger partial charge is 0.416 e. The van der Waals surface area contributed by atoms with Crippen LogP contribution in [-0.2, 0) is 23.5 Å². The number of quaternary nitrogens is 1. The van der Waals surface area contributed by atoms with Gasteiger partial charge in [-0.1, -0.05) is 18.2 Å². The van der Waals surface area contributed by atoms with Gasteiger partial charge in [-0.25, -0.2) is 4.98 Å². The van der Waals surface area contributed by atoms with Gasteiger partial charge < -0.3 is 20.3 Å². The molecule has 0 aliphatic carbocycles. The van der Waals surface area contributed by atoms with Gasteiger partial charge in [0.25, 0.3) is 0 Å². The average Bonchev–Trinajstić information content (AvgIpc) is 3.43. The molecule has 0 fully saturated rings. The molecule has 13 heteroatoms. The van der Waals surface area contributed by atoms with Crippen LogP contribution >= 0.6 is 0 Å². The van der Waals surface area contributed by atoms with E-state index in [9.17, 15) is 31.5 Å². The van der Waals surface area contributed by atoms with Crippen molar-refractivity contribution in [1.82, 2.24) is 20.2 Å². The van der Waals surface area contributed by atoms with Crippen LogP contribution in [0.2, 0.25) is 0 Å². The Morgan fingerprint density at radius 2 is 1.77 bits per heavy atom. The fraction of sp³-hybridized carbons (Fsp3) is 0.296. The molecule has 3 unspecified atom stereocenters. The fourth-order valence-corrected chi connectivity index (χ4v) is 4.91. The normalized spacial score (nSPS) is 23.3. The Morgan fingerprint density at radius 3 is 2.40 bits per heavy atom. The van der Waals surface area contributed by atoms with Crippen LogP contribution in [0.5, 0.6) is 0 Å². The second-order valence-electron chi connectivity index (χ2n) is 9.58. The molecule has 0 radical (unpaired) electrons. The van der Waals surface area contributed by atoms with Crippen LogP contribution in [-0.4, -0.2) is 28.8 Å². The second kappa shape index (κ2) is 10.6. The molecular weight excluding hydrogens is 540 g/mol. The van der Waals surface area contributed by atoms with Crippen LogP contribution in [0.1, 0.15) is 34.0 Å². The number of nitrogens with one attached hydrogen (secondary N) is 3. The Labute approximate surface area is 225 Å². The van der Waals surface area contributed by atoms with Crippen LogP contribution in [0, 0.1) is 12.1 Å². The standard InChI is InChI=1S/C27H25F6N5O2/c1-16-4-2-3-5-20(16)23-12-24(37-7-6-34-15-37)40-25-21(13-35-14-36-25)22(38(23)39)10-17-8-18(26(28,29)30)11-19(9-17)27(31,32)33/h2-9,11-12,15,22,24,35-36,38H,10,13-14H2,1H3/b23-12-. The molecule has 0 spiro atoms. The van der Waals surface area contributed by atoms with Crippen molar-refractivity contribution in [2.24, 2.45) is 0 Å². The minimum atomic E-state index is -5.01. The summed E-state index contributed by atoms with van der Waals surface area (Å²) >= 11 is 0. The summed E-state index contributed by atoms with van der Waals surface area (Å²) in [5.41, 5.74) is -1.17. The van der Waals surface area contributed by atoms with E-state index in [1.807, 2.05) is 0 Å². The summed E-state index contributed by atoms with van der Waals surface area (Å²) in [7, 11) is 0. The van der Waals surface area contributed by atoms with Gasteiger partial charge >= 0.3 is 12.4 Å². The third-order valence-corrected chi connectivity index (χ3v) is 6.87. The lowest BCUT2D eigenvalue weighted by atomic mass is 9.93. The van der Waals surface area contributed by atoms with Crippen LogP contribution in [0.25, 0.3) is 5.70 Å².